The molecule has 0 amide bonds. The number of anilines is 3. The normalized spacial score (nSPS) is 12.9. The Labute approximate surface area is 326 Å². The van der Waals surface area contributed by atoms with E-state index in [-0.39, 0.29) is 5.41 Å². The smallest absolute Gasteiger partial charge is 0.159 e. The molecule has 0 saturated heterocycles. The van der Waals surface area contributed by atoms with E-state index in [1.807, 2.05) is 0 Å². The van der Waals surface area contributed by atoms with Crippen molar-refractivity contribution < 1.29 is 4.42 Å². The molecule has 56 heavy (non-hydrogen) atoms. The summed E-state index contributed by atoms with van der Waals surface area (Å²) in [5, 5.41) is 4.71. The second-order valence-electron chi connectivity index (χ2n) is 15.0. The van der Waals surface area contributed by atoms with Gasteiger partial charge in [-0.25, -0.2) is 0 Å². The number of furan rings is 1. The third-order valence-corrected chi connectivity index (χ3v) is 12.0. The maximum absolute atomic E-state index is 7.24. The van der Waals surface area contributed by atoms with Gasteiger partial charge in [0.1, 0.15) is 5.58 Å². The van der Waals surface area contributed by atoms with Gasteiger partial charge in [-0.05, 0) is 92.5 Å². The molecule has 0 atom stereocenters. The average Bonchev–Trinajstić information content (AvgIpc) is 3.78. The molecular weight excluding hydrogens is 679 g/mol. The van der Waals surface area contributed by atoms with Crippen LogP contribution >= 0.6 is 0 Å². The molecule has 2 nitrogen and oxygen atoms in total. The van der Waals surface area contributed by atoms with Crippen LogP contribution in [0.3, 0.4) is 0 Å². The van der Waals surface area contributed by atoms with Crippen molar-refractivity contribution in [3.05, 3.63) is 223 Å². The maximum Gasteiger partial charge on any atom is 0.159 e. The molecule has 1 aliphatic carbocycles. The van der Waals surface area contributed by atoms with Crippen LogP contribution in [0.15, 0.2) is 211 Å². The van der Waals surface area contributed by atoms with Gasteiger partial charge in [0.25, 0.3) is 0 Å². The molecule has 11 rings (SSSR count). The summed E-state index contributed by atoms with van der Waals surface area (Å²) in [4.78, 5) is 2.34. The van der Waals surface area contributed by atoms with E-state index in [0.717, 1.165) is 39.0 Å². The first kappa shape index (κ1) is 32.3. The number of hydrogen-bond donors (Lipinski definition) is 0. The Balaban J connectivity index is 1.10. The highest BCUT2D eigenvalue weighted by Gasteiger charge is 2.42. The highest BCUT2D eigenvalue weighted by Crippen LogP contribution is 2.54. The number of hydrogen-bond acceptors (Lipinski definition) is 2. The molecule has 0 bridgehead atoms. The van der Waals surface area contributed by atoms with Gasteiger partial charge in [0, 0.05) is 33.1 Å². The lowest BCUT2D eigenvalue weighted by atomic mass is 9.74. The van der Waals surface area contributed by atoms with E-state index in [0.29, 0.717) is 0 Å². The summed E-state index contributed by atoms with van der Waals surface area (Å²) in [7, 11) is 0. The number of rotatable bonds is 6. The molecule has 0 spiro atoms. The van der Waals surface area contributed by atoms with Gasteiger partial charge in [-0.3, -0.25) is 0 Å². The summed E-state index contributed by atoms with van der Waals surface area (Å²) in [6.07, 6.45) is 0. The molecule has 0 fully saturated rings. The zero-order valence-electron chi connectivity index (χ0n) is 31.0. The minimum absolute atomic E-state index is 0.384. The fourth-order valence-electron chi connectivity index (χ4n) is 9.25. The second-order valence-corrected chi connectivity index (χ2v) is 15.0. The van der Waals surface area contributed by atoms with Gasteiger partial charge in [-0.15, -0.1) is 0 Å². The zero-order valence-corrected chi connectivity index (χ0v) is 31.0. The molecule has 0 N–H and O–H groups in total. The molecule has 0 radical (unpaired) electrons. The average molecular weight is 716 g/mol. The molecule has 1 aliphatic rings. The van der Waals surface area contributed by atoms with E-state index in [1.54, 1.807) is 0 Å². The molecule has 0 aliphatic heterocycles. The van der Waals surface area contributed by atoms with Gasteiger partial charge in [-0.2, -0.15) is 0 Å². The molecule has 1 aromatic heterocycles. The molecule has 2 heteroatoms. The lowest BCUT2D eigenvalue weighted by Gasteiger charge is -2.28. The van der Waals surface area contributed by atoms with Gasteiger partial charge >= 0.3 is 0 Å². The van der Waals surface area contributed by atoms with Crippen molar-refractivity contribution in [3.8, 4) is 33.4 Å². The highest BCUT2D eigenvalue weighted by atomic mass is 16.3. The third kappa shape index (κ3) is 4.89. The first-order chi connectivity index (χ1) is 27.7. The van der Waals surface area contributed by atoms with E-state index in [4.69, 9.17) is 4.42 Å². The quantitative estimate of drug-likeness (QED) is 0.170. The Hall–Kier alpha value is -7.16. The summed E-state index contributed by atoms with van der Waals surface area (Å²) in [6, 6.07) is 74.4. The summed E-state index contributed by atoms with van der Waals surface area (Å²) >= 11 is 0. The Morgan fingerprint density at radius 2 is 0.839 bits per heavy atom. The largest absolute Gasteiger partial charge is 0.454 e. The Morgan fingerprint density at radius 3 is 1.55 bits per heavy atom. The van der Waals surface area contributed by atoms with Crippen molar-refractivity contribution in [1.82, 2.24) is 0 Å². The van der Waals surface area contributed by atoms with Crippen LogP contribution in [-0.4, -0.2) is 0 Å². The molecule has 1 heterocycles. The number of fused-ring (bicyclic) bond motifs is 7. The van der Waals surface area contributed by atoms with E-state index in [1.165, 1.54) is 60.8 Å². The Morgan fingerprint density at radius 1 is 0.357 bits per heavy atom. The number of benzene rings is 9. The van der Waals surface area contributed by atoms with Gasteiger partial charge in [0.05, 0.1) is 5.69 Å². The molecule has 0 saturated carbocycles. The third-order valence-electron chi connectivity index (χ3n) is 12.0. The van der Waals surface area contributed by atoms with Crippen LogP contribution < -0.4 is 4.90 Å². The van der Waals surface area contributed by atoms with Crippen molar-refractivity contribution in [2.45, 2.75) is 12.3 Å². The predicted molar refractivity (Wildman–Crippen MR) is 234 cm³/mol. The predicted octanol–water partition coefficient (Wildman–Crippen LogP) is 14.9. The van der Waals surface area contributed by atoms with E-state index in [2.05, 4.69) is 218 Å². The highest BCUT2D eigenvalue weighted by molar-refractivity contribution is 6.12. The SMILES string of the molecule is CC1(c2cccc3c2oc2c(N(c4ccc(-c5ccccc5)cc4)c4ccc(-c5cccc6ccccc56)cc4)cccc23)c2ccccc2-c2ccccc21. The molecular formula is C54H37NO. The van der Waals surface area contributed by atoms with Crippen LogP contribution in [0.2, 0.25) is 0 Å². The lowest BCUT2D eigenvalue weighted by Crippen LogP contribution is -2.22. The summed E-state index contributed by atoms with van der Waals surface area (Å²) < 4.78 is 7.24. The zero-order chi connectivity index (χ0) is 37.2. The van der Waals surface area contributed by atoms with Crippen molar-refractivity contribution >= 4 is 49.8 Å². The topological polar surface area (TPSA) is 16.4 Å². The fraction of sp³-hybridized carbons (Fsp3) is 0.0370. The molecule has 9 aromatic carbocycles. The second kappa shape index (κ2) is 12.7. The van der Waals surface area contributed by atoms with E-state index in [9.17, 15) is 0 Å². The standard InChI is InChI=1S/C54H37NO/c1-54(48-24-9-7-19-44(48)45-20-8-10-25-49(45)54)50-26-12-22-46-47-23-13-27-51(53(47)56-52(46)50)55(40-32-28-37(29-33-40)36-14-3-2-4-15-36)41-34-30-39(31-35-41)43-21-11-17-38-16-5-6-18-42(38)43/h2-35H,1H3. The number of nitrogens with zero attached hydrogens (tertiary/aromatic N) is 1. The molecule has 0 unspecified atom stereocenters. The minimum atomic E-state index is -0.384. The summed E-state index contributed by atoms with van der Waals surface area (Å²) in [6.45, 7) is 2.36. The van der Waals surface area contributed by atoms with Crippen molar-refractivity contribution in [3.63, 3.8) is 0 Å². The first-order valence-electron chi connectivity index (χ1n) is 19.3. The number of para-hydroxylation sites is 2. The monoisotopic (exact) mass is 715 g/mol. The van der Waals surface area contributed by atoms with Crippen LogP contribution in [0.5, 0.6) is 0 Å². The van der Waals surface area contributed by atoms with Gasteiger partial charge in [0.15, 0.2) is 5.58 Å². The summed E-state index contributed by atoms with van der Waals surface area (Å²) in [5.74, 6) is 0. The van der Waals surface area contributed by atoms with Crippen molar-refractivity contribution in [1.29, 1.82) is 0 Å². The van der Waals surface area contributed by atoms with Crippen LogP contribution in [0.1, 0.15) is 23.6 Å². The van der Waals surface area contributed by atoms with Gasteiger partial charge < -0.3 is 9.32 Å². The van der Waals surface area contributed by atoms with Crippen LogP contribution in [0.25, 0.3) is 66.1 Å². The lowest BCUT2D eigenvalue weighted by molar-refractivity contribution is 0.638. The minimum Gasteiger partial charge on any atom is -0.454 e. The van der Waals surface area contributed by atoms with Crippen molar-refractivity contribution in [2.75, 3.05) is 4.90 Å². The Bertz CT molecular complexity index is 3030. The van der Waals surface area contributed by atoms with Gasteiger partial charge in [0.2, 0.25) is 0 Å². The Kier molecular flexibility index (Phi) is 7.33. The van der Waals surface area contributed by atoms with Crippen LogP contribution in [-0.2, 0) is 5.41 Å². The van der Waals surface area contributed by atoms with Crippen LogP contribution in [0.4, 0.5) is 17.1 Å². The van der Waals surface area contributed by atoms with Crippen LogP contribution in [0, 0.1) is 0 Å². The molecule has 10 aromatic rings. The van der Waals surface area contributed by atoms with Gasteiger partial charge in [-0.1, -0.05) is 176 Å². The summed E-state index contributed by atoms with van der Waals surface area (Å²) in [5.41, 5.74) is 15.7. The van der Waals surface area contributed by atoms with E-state index >= 15 is 0 Å². The first-order valence-corrected chi connectivity index (χ1v) is 19.3. The fourth-order valence-corrected chi connectivity index (χ4v) is 9.25. The molecule has 264 valence electrons. The van der Waals surface area contributed by atoms with E-state index < -0.39 is 0 Å². The van der Waals surface area contributed by atoms with Crippen molar-refractivity contribution in [2.24, 2.45) is 0 Å². The maximum atomic E-state index is 7.24.